The number of hydrogen-bond acceptors (Lipinski definition) is 4. The van der Waals surface area contributed by atoms with E-state index in [1.165, 1.54) is 18.3 Å². The molecule has 1 aromatic heterocycles. The van der Waals surface area contributed by atoms with E-state index in [1.807, 2.05) is 0 Å². The SMILES string of the molecule is CC(=O)Nc1ccc(OCC(=O)c2cc(Br)sc2Br)cc1. The largest absolute Gasteiger partial charge is 0.485 e. The van der Waals surface area contributed by atoms with Crippen LogP contribution in [0.5, 0.6) is 5.75 Å². The van der Waals surface area contributed by atoms with Crippen LogP contribution in [0.15, 0.2) is 37.9 Å². The quantitative estimate of drug-likeness (QED) is 0.708. The first-order valence-electron chi connectivity index (χ1n) is 5.94. The fraction of sp³-hybridized carbons (Fsp3) is 0.143. The average molecular weight is 433 g/mol. The van der Waals surface area contributed by atoms with Crippen molar-refractivity contribution in [1.82, 2.24) is 0 Å². The zero-order chi connectivity index (χ0) is 15.4. The molecule has 2 rings (SSSR count). The van der Waals surface area contributed by atoms with E-state index in [4.69, 9.17) is 4.74 Å². The summed E-state index contributed by atoms with van der Waals surface area (Å²) in [5.41, 5.74) is 1.28. The Morgan fingerprint density at radius 1 is 1.24 bits per heavy atom. The van der Waals surface area contributed by atoms with Crippen LogP contribution in [0.1, 0.15) is 17.3 Å². The molecule has 21 heavy (non-hydrogen) atoms. The lowest BCUT2D eigenvalue weighted by Gasteiger charge is -2.06. The number of anilines is 1. The number of halogens is 2. The molecule has 1 heterocycles. The summed E-state index contributed by atoms with van der Waals surface area (Å²) in [7, 11) is 0. The van der Waals surface area contributed by atoms with Gasteiger partial charge in [0.15, 0.2) is 6.61 Å². The van der Waals surface area contributed by atoms with Gasteiger partial charge in [-0.1, -0.05) is 0 Å². The lowest BCUT2D eigenvalue weighted by molar-refractivity contribution is -0.114. The first-order valence-corrected chi connectivity index (χ1v) is 8.34. The third-order valence-electron chi connectivity index (χ3n) is 2.50. The number of carbonyl (C=O) groups is 2. The predicted molar refractivity (Wildman–Crippen MR) is 90.3 cm³/mol. The number of ether oxygens (including phenoxy) is 1. The highest BCUT2D eigenvalue weighted by atomic mass is 79.9. The Balaban J connectivity index is 1.95. The van der Waals surface area contributed by atoms with Gasteiger partial charge in [0, 0.05) is 18.2 Å². The van der Waals surface area contributed by atoms with Gasteiger partial charge in [0.2, 0.25) is 11.7 Å². The Morgan fingerprint density at radius 3 is 2.43 bits per heavy atom. The fourth-order valence-electron chi connectivity index (χ4n) is 1.59. The van der Waals surface area contributed by atoms with Crippen molar-refractivity contribution < 1.29 is 14.3 Å². The van der Waals surface area contributed by atoms with Gasteiger partial charge in [0.1, 0.15) is 5.75 Å². The molecule has 1 amide bonds. The average Bonchev–Trinajstić information content (AvgIpc) is 2.76. The zero-order valence-corrected chi connectivity index (χ0v) is 15.0. The summed E-state index contributed by atoms with van der Waals surface area (Å²) < 4.78 is 7.12. The summed E-state index contributed by atoms with van der Waals surface area (Å²) in [6, 6.07) is 8.62. The first-order chi connectivity index (χ1) is 9.95. The second kappa shape index (κ2) is 7.20. The van der Waals surface area contributed by atoms with E-state index in [-0.39, 0.29) is 18.3 Å². The van der Waals surface area contributed by atoms with Gasteiger partial charge in [0.05, 0.1) is 7.57 Å². The van der Waals surface area contributed by atoms with Crippen molar-refractivity contribution in [2.45, 2.75) is 6.92 Å². The Labute approximate surface area is 142 Å². The Hall–Kier alpha value is -1.18. The molecule has 110 valence electrons. The molecule has 4 nitrogen and oxygen atoms in total. The van der Waals surface area contributed by atoms with Crippen LogP contribution in [0.3, 0.4) is 0 Å². The second-order valence-electron chi connectivity index (χ2n) is 4.16. The molecule has 0 aliphatic carbocycles. The van der Waals surface area contributed by atoms with Crippen molar-refractivity contribution in [3.05, 3.63) is 43.5 Å². The van der Waals surface area contributed by atoms with Crippen molar-refractivity contribution in [2.24, 2.45) is 0 Å². The zero-order valence-electron chi connectivity index (χ0n) is 11.0. The van der Waals surface area contributed by atoms with Gasteiger partial charge in [0.25, 0.3) is 0 Å². The van der Waals surface area contributed by atoms with Crippen LogP contribution in [0.25, 0.3) is 0 Å². The maximum Gasteiger partial charge on any atom is 0.221 e. The van der Waals surface area contributed by atoms with Crippen LogP contribution in [-0.2, 0) is 4.79 Å². The van der Waals surface area contributed by atoms with Gasteiger partial charge in [-0.2, -0.15) is 0 Å². The predicted octanol–water partition coefficient (Wildman–Crippen LogP) is 4.49. The lowest BCUT2D eigenvalue weighted by atomic mass is 10.2. The van der Waals surface area contributed by atoms with Gasteiger partial charge in [-0.3, -0.25) is 9.59 Å². The molecule has 0 aliphatic heterocycles. The maximum absolute atomic E-state index is 12.0. The number of thiophene rings is 1. The fourth-order valence-corrected chi connectivity index (χ4v) is 4.45. The van der Waals surface area contributed by atoms with E-state index in [2.05, 4.69) is 37.2 Å². The number of carbonyl (C=O) groups excluding carboxylic acids is 2. The Morgan fingerprint density at radius 2 is 1.90 bits per heavy atom. The minimum atomic E-state index is -0.133. The number of Topliss-reactive ketones (excluding diaryl/α,β-unsaturated/α-hetero) is 1. The molecule has 0 aliphatic rings. The van der Waals surface area contributed by atoms with Crippen molar-refractivity contribution in [1.29, 1.82) is 0 Å². The number of benzene rings is 1. The molecular formula is C14H11Br2NO3S. The molecule has 0 radical (unpaired) electrons. The third-order valence-corrected chi connectivity index (χ3v) is 4.84. The number of nitrogens with one attached hydrogen (secondary N) is 1. The molecule has 0 saturated carbocycles. The van der Waals surface area contributed by atoms with E-state index < -0.39 is 0 Å². The van der Waals surface area contributed by atoms with E-state index in [0.717, 1.165) is 7.57 Å². The second-order valence-corrected chi connectivity index (χ2v) is 7.90. The molecule has 1 aromatic carbocycles. The van der Waals surface area contributed by atoms with Crippen LogP contribution in [-0.4, -0.2) is 18.3 Å². The molecule has 0 unspecified atom stereocenters. The number of amides is 1. The minimum absolute atomic E-state index is 0.0404. The van der Waals surface area contributed by atoms with Gasteiger partial charge < -0.3 is 10.1 Å². The van der Waals surface area contributed by atoms with Gasteiger partial charge in [-0.05, 0) is 62.2 Å². The molecule has 2 aromatic rings. The topological polar surface area (TPSA) is 55.4 Å². The first kappa shape index (κ1) is 16.2. The molecule has 0 saturated heterocycles. The Kier molecular flexibility index (Phi) is 5.55. The molecule has 0 spiro atoms. The molecule has 0 bridgehead atoms. The van der Waals surface area contributed by atoms with E-state index in [1.54, 1.807) is 30.3 Å². The van der Waals surface area contributed by atoms with Gasteiger partial charge in [-0.25, -0.2) is 0 Å². The van der Waals surface area contributed by atoms with Gasteiger partial charge in [-0.15, -0.1) is 11.3 Å². The van der Waals surface area contributed by atoms with Crippen molar-refractivity contribution >= 4 is 60.6 Å². The smallest absolute Gasteiger partial charge is 0.221 e. The van der Waals surface area contributed by atoms with Crippen LogP contribution < -0.4 is 10.1 Å². The highest BCUT2D eigenvalue weighted by molar-refractivity contribution is 9.12. The molecule has 0 atom stereocenters. The maximum atomic E-state index is 12.0. The van der Waals surface area contributed by atoms with Crippen molar-refractivity contribution in [3.63, 3.8) is 0 Å². The summed E-state index contributed by atoms with van der Waals surface area (Å²) in [5.74, 6) is 0.337. The molecular weight excluding hydrogens is 422 g/mol. The third kappa shape index (κ3) is 4.66. The summed E-state index contributed by atoms with van der Waals surface area (Å²) in [5, 5.41) is 2.66. The molecule has 1 N–H and O–H groups in total. The van der Waals surface area contributed by atoms with Crippen LogP contribution in [0.4, 0.5) is 5.69 Å². The number of hydrogen-bond donors (Lipinski definition) is 1. The minimum Gasteiger partial charge on any atom is -0.485 e. The monoisotopic (exact) mass is 431 g/mol. The van der Waals surface area contributed by atoms with Crippen LogP contribution in [0, 0.1) is 0 Å². The van der Waals surface area contributed by atoms with Crippen LogP contribution in [0.2, 0.25) is 0 Å². The van der Waals surface area contributed by atoms with Gasteiger partial charge >= 0.3 is 0 Å². The number of rotatable bonds is 5. The standard InChI is InChI=1S/C14H11Br2NO3S/c1-8(18)17-9-2-4-10(5-3-9)20-7-12(19)11-6-13(15)21-14(11)16/h2-6H,7H2,1H3,(H,17,18). The summed E-state index contributed by atoms with van der Waals surface area (Å²) in [6.07, 6.45) is 0. The summed E-state index contributed by atoms with van der Waals surface area (Å²) in [4.78, 5) is 22.9. The van der Waals surface area contributed by atoms with E-state index in [0.29, 0.717) is 17.0 Å². The lowest BCUT2D eigenvalue weighted by Crippen LogP contribution is -2.11. The number of ketones is 1. The normalized spacial score (nSPS) is 10.2. The van der Waals surface area contributed by atoms with E-state index >= 15 is 0 Å². The highest BCUT2D eigenvalue weighted by Gasteiger charge is 2.14. The van der Waals surface area contributed by atoms with E-state index in [9.17, 15) is 9.59 Å². The van der Waals surface area contributed by atoms with Crippen molar-refractivity contribution in [3.8, 4) is 5.75 Å². The van der Waals surface area contributed by atoms with Crippen LogP contribution >= 0.6 is 43.2 Å². The highest BCUT2D eigenvalue weighted by Crippen LogP contribution is 2.32. The van der Waals surface area contributed by atoms with Crippen molar-refractivity contribution in [2.75, 3.05) is 11.9 Å². The molecule has 0 fully saturated rings. The summed E-state index contributed by atoms with van der Waals surface area (Å²) >= 11 is 8.13. The molecule has 7 heteroatoms. The summed E-state index contributed by atoms with van der Waals surface area (Å²) in [6.45, 7) is 1.40. The Bertz CT molecular complexity index is 667.